The van der Waals surface area contributed by atoms with Gasteiger partial charge in [0.1, 0.15) is 24.0 Å². The Morgan fingerprint density at radius 3 is 2.36 bits per heavy atom. The van der Waals surface area contributed by atoms with Gasteiger partial charge in [-0.15, -0.1) is 0 Å². The summed E-state index contributed by atoms with van der Waals surface area (Å²) in [6, 6.07) is 8.30. The highest BCUT2D eigenvalue weighted by Crippen LogP contribution is 2.34. The zero-order valence-electron chi connectivity index (χ0n) is 24.1. The summed E-state index contributed by atoms with van der Waals surface area (Å²) in [5.74, 6) is -4.47. The summed E-state index contributed by atoms with van der Waals surface area (Å²) in [5.41, 5.74) is 4.32. The van der Waals surface area contributed by atoms with Gasteiger partial charge in [-0.2, -0.15) is 18.3 Å². The Morgan fingerprint density at radius 2 is 1.73 bits per heavy atom. The van der Waals surface area contributed by atoms with Gasteiger partial charge in [0.25, 0.3) is 5.91 Å². The lowest BCUT2D eigenvalue weighted by atomic mass is 9.94. The van der Waals surface area contributed by atoms with E-state index in [0.29, 0.717) is 11.6 Å². The van der Waals surface area contributed by atoms with Crippen molar-refractivity contribution in [2.24, 2.45) is 5.73 Å². The van der Waals surface area contributed by atoms with E-state index in [9.17, 15) is 41.0 Å². The van der Waals surface area contributed by atoms with Crippen LogP contribution in [-0.4, -0.2) is 37.8 Å². The summed E-state index contributed by atoms with van der Waals surface area (Å²) < 4.78 is 84.7. The maximum Gasteiger partial charge on any atom is 0.435 e. The lowest BCUT2D eigenvalue weighted by molar-refractivity contribution is -0.142. The number of amides is 2. The average Bonchev–Trinajstić information content (AvgIpc) is 3.26. The molecule has 4 aromatic rings. The minimum absolute atomic E-state index is 0.0255. The number of pyridine rings is 1. The Balaban J connectivity index is 1.74. The second-order valence-corrected chi connectivity index (χ2v) is 10.4. The predicted octanol–water partition coefficient (Wildman–Crippen LogP) is 5.20. The van der Waals surface area contributed by atoms with Gasteiger partial charge >= 0.3 is 6.18 Å². The van der Waals surface area contributed by atoms with Crippen molar-refractivity contribution < 1.29 is 41.0 Å². The van der Waals surface area contributed by atoms with Crippen molar-refractivity contribution in [2.45, 2.75) is 58.0 Å². The molecule has 238 valence electrons. The first-order valence-electron chi connectivity index (χ1n) is 13.8. The monoisotopic (exact) mass is 633 g/mol. The molecule has 2 amide bonds. The van der Waals surface area contributed by atoms with Crippen LogP contribution in [0.5, 0.6) is 0 Å². The third-order valence-corrected chi connectivity index (χ3v) is 7.21. The minimum atomic E-state index is -4.85. The van der Waals surface area contributed by atoms with E-state index in [1.54, 1.807) is 13.0 Å². The SMILES string of the molecule is CCC(O)Cc1c(C(F)(F)F)nn(CC(=O)NC(Cc2cc(F)cc(F)c2)c2ncccc2-c2ccc(F)c(C(N)=O)c2)c1C. The number of primary amides is 1. The van der Waals surface area contributed by atoms with Crippen molar-refractivity contribution in [3.63, 3.8) is 0 Å². The maximum absolute atomic E-state index is 14.2. The fourth-order valence-electron chi connectivity index (χ4n) is 4.97. The first kappa shape index (κ1) is 33.2. The first-order valence-corrected chi connectivity index (χ1v) is 13.8. The molecule has 2 atom stereocenters. The van der Waals surface area contributed by atoms with E-state index in [2.05, 4.69) is 15.4 Å². The number of nitrogens with two attached hydrogens (primary N) is 1. The molecule has 2 heterocycles. The van der Waals surface area contributed by atoms with E-state index in [1.807, 2.05) is 0 Å². The Labute approximate surface area is 253 Å². The molecule has 14 heteroatoms. The third-order valence-electron chi connectivity index (χ3n) is 7.21. The summed E-state index contributed by atoms with van der Waals surface area (Å²) in [4.78, 5) is 29.5. The molecule has 0 radical (unpaired) electrons. The van der Waals surface area contributed by atoms with Gasteiger partial charge in [0.05, 0.1) is 23.4 Å². The Morgan fingerprint density at radius 1 is 1.04 bits per heavy atom. The molecule has 2 unspecified atom stereocenters. The molecule has 0 fully saturated rings. The molecule has 2 aromatic heterocycles. The average molecular weight is 634 g/mol. The number of aliphatic hydroxyl groups excluding tert-OH is 1. The van der Waals surface area contributed by atoms with E-state index >= 15 is 0 Å². The van der Waals surface area contributed by atoms with Crippen molar-refractivity contribution in [1.29, 1.82) is 0 Å². The van der Waals surface area contributed by atoms with Gasteiger partial charge in [-0.05, 0) is 61.2 Å². The maximum atomic E-state index is 14.2. The predicted molar refractivity (Wildman–Crippen MR) is 151 cm³/mol. The van der Waals surface area contributed by atoms with Crippen molar-refractivity contribution in [2.75, 3.05) is 0 Å². The van der Waals surface area contributed by atoms with E-state index in [1.165, 1.54) is 31.3 Å². The van der Waals surface area contributed by atoms with Crippen LogP contribution in [0, 0.1) is 24.4 Å². The number of benzene rings is 2. The topological polar surface area (TPSA) is 123 Å². The van der Waals surface area contributed by atoms with Crippen LogP contribution in [0.25, 0.3) is 11.1 Å². The highest BCUT2D eigenvalue weighted by molar-refractivity contribution is 5.94. The molecule has 45 heavy (non-hydrogen) atoms. The molecule has 0 aliphatic rings. The molecular weight excluding hydrogens is 604 g/mol. The molecule has 0 saturated carbocycles. The summed E-state index contributed by atoms with van der Waals surface area (Å²) in [6.45, 7) is 2.29. The summed E-state index contributed by atoms with van der Waals surface area (Å²) in [6.07, 6.45) is -4.87. The number of halogens is 6. The number of aromatic nitrogens is 3. The fourth-order valence-corrected chi connectivity index (χ4v) is 4.97. The molecule has 0 aliphatic carbocycles. The van der Waals surface area contributed by atoms with Crippen LogP contribution < -0.4 is 11.1 Å². The van der Waals surface area contributed by atoms with Crippen LogP contribution in [0.4, 0.5) is 26.3 Å². The summed E-state index contributed by atoms with van der Waals surface area (Å²) in [5, 5.41) is 16.3. The summed E-state index contributed by atoms with van der Waals surface area (Å²) >= 11 is 0. The molecule has 2 aromatic carbocycles. The first-order chi connectivity index (χ1) is 21.2. The molecule has 4 N–H and O–H groups in total. The Bertz CT molecular complexity index is 1700. The minimum Gasteiger partial charge on any atom is -0.393 e. The van der Waals surface area contributed by atoms with Crippen LogP contribution in [0.15, 0.2) is 54.7 Å². The number of carbonyl (C=O) groups is 2. The van der Waals surface area contributed by atoms with Gasteiger partial charge in [0.2, 0.25) is 5.91 Å². The number of aliphatic hydroxyl groups is 1. The molecule has 0 saturated heterocycles. The van der Waals surface area contributed by atoms with Crippen molar-refractivity contribution >= 4 is 11.8 Å². The number of hydrogen-bond acceptors (Lipinski definition) is 5. The zero-order valence-corrected chi connectivity index (χ0v) is 24.1. The van der Waals surface area contributed by atoms with E-state index < -0.39 is 65.4 Å². The smallest absolute Gasteiger partial charge is 0.393 e. The number of rotatable bonds is 11. The normalized spacial score (nSPS) is 13.0. The Kier molecular flexibility index (Phi) is 9.96. The van der Waals surface area contributed by atoms with Crippen LogP contribution >= 0.6 is 0 Å². The largest absolute Gasteiger partial charge is 0.435 e. The standard InChI is InChI=1S/C31H29F6N5O3/c1-3-21(43)14-23-16(2)42(41-29(23)31(35,36)37)15-27(44)40-26(11-17-9-19(32)13-20(33)10-17)28-22(5-4-8-39-28)18-6-7-25(34)24(12-18)30(38)45/h4-10,12-13,21,26,43H,3,11,14-15H2,1-2H3,(H2,38,45)(H,40,44). The van der Waals surface area contributed by atoms with Gasteiger partial charge in [0, 0.05) is 35.5 Å². The second kappa shape index (κ2) is 13.5. The number of hydrogen-bond donors (Lipinski definition) is 3. The number of alkyl halides is 3. The lowest BCUT2D eigenvalue weighted by Gasteiger charge is -2.22. The molecule has 0 spiro atoms. The number of carbonyl (C=O) groups excluding carboxylic acids is 2. The zero-order chi connectivity index (χ0) is 33.1. The highest BCUT2D eigenvalue weighted by Gasteiger charge is 2.39. The highest BCUT2D eigenvalue weighted by atomic mass is 19.4. The van der Waals surface area contributed by atoms with Crippen LogP contribution in [0.1, 0.15) is 58.0 Å². The van der Waals surface area contributed by atoms with Crippen LogP contribution in [0.2, 0.25) is 0 Å². The van der Waals surface area contributed by atoms with Gasteiger partial charge in [-0.1, -0.05) is 19.1 Å². The van der Waals surface area contributed by atoms with Crippen molar-refractivity contribution in [1.82, 2.24) is 20.1 Å². The third kappa shape index (κ3) is 7.87. The lowest BCUT2D eigenvalue weighted by Crippen LogP contribution is -2.34. The molecule has 4 rings (SSSR count). The quantitative estimate of drug-likeness (QED) is 0.196. The van der Waals surface area contributed by atoms with Gasteiger partial charge in [-0.25, -0.2) is 13.2 Å². The molecular formula is C31H29F6N5O3. The molecule has 0 bridgehead atoms. The van der Waals surface area contributed by atoms with E-state index in [4.69, 9.17) is 5.73 Å². The number of nitrogens with zero attached hydrogens (tertiary/aromatic N) is 3. The molecule has 0 aliphatic heterocycles. The van der Waals surface area contributed by atoms with Crippen LogP contribution in [0.3, 0.4) is 0 Å². The van der Waals surface area contributed by atoms with Gasteiger partial charge in [-0.3, -0.25) is 19.3 Å². The van der Waals surface area contributed by atoms with E-state index in [0.717, 1.165) is 22.9 Å². The number of nitrogens with one attached hydrogen (secondary N) is 1. The van der Waals surface area contributed by atoms with Crippen molar-refractivity contribution in [3.8, 4) is 11.1 Å². The summed E-state index contributed by atoms with van der Waals surface area (Å²) in [7, 11) is 0. The van der Waals surface area contributed by atoms with Gasteiger partial charge < -0.3 is 16.2 Å². The van der Waals surface area contributed by atoms with Crippen molar-refractivity contribution in [3.05, 3.63) is 106 Å². The molecule has 8 nitrogen and oxygen atoms in total. The Hall–Kier alpha value is -4.72. The second-order valence-electron chi connectivity index (χ2n) is 10.4. The van der Waals surface area contributed by atoms with Gasteiger partial charge in [0.15, 0.2) is 5.69 Å². The van der Waals surface area contributed by atoms with E-state index in [-0.39, 0.29) is 47.3 Å². The van der Waals surface area contributed by atoms with Crippen LogP contribution in [-0.2, 0) is 30.4 Å². The fraction of sp³-hybridized carbons (Fsp3) is 0.290.